The molecule has 2 aliphatic heterocycles. The number of hydrogen-bond acceptors (Lipinski definition) is 9. The number of likely N-dealkylation sites (tertiary alicyclic amines) is 1. The second kappa shape index (κ2) is 11.5. The van der Waals surface area contributed by atoms with Gasteiger partial charge in [-0.3, -0.25) is 9.88 Å². The number of carbonyl (C=O) groups excluding carboxylic acids is 1. The summed E-state index contributed by atoms with van der Waals surface area (Å²) in [5.41, 5.74) is 1.51. The van der Waals surface area contributed by atoms with Crippen LogP contribution in [-0.2, 0) is 14.6 Å². The first kappa shape index (κ1) is 27.4. The number of ether oxygens (including phenoxy) is 2. The molecule has 1 N–H and O–H groups in total. The van der Waals surface area contributed by atoms with Crippen molar-refractivity contribution in [1.29, 1.82) is 0 Å². The number of piperidine rings is 2. The van der Waals surface area contributed by atoms with Gasteiger partial charge >= 0.3 is 5.97 Å². The van der Waals surface area contributed by atoms with Gasteiger partial charge in [-0.25, -0.2) is 13.2 Å². The third kappa shape index (κ3) is 5.59. The molecular formula is C29H35N3O6S. The van der Waals surface area contributed by atoms with E-state index in [1.165, 1.54) is 25.4 Å². The van der Waals surface area contributed by atoms with E-state index in [0.29, 0.717) is 53.6 Å². The highest BCUT2D eigenvalue weighted by molar-refractivity contribution is 7.91. The topological polar surface area (TPSA) is 109 Å². The van der Waals surface area contributed by atoms with Crippen LogP contribution in [0.25, 0.3) is 10.9 Å². The van der Waals surface area contributed by atoms with Crippen LogP contribution in [0.3, 0.4) is 0 Å². The van der Waals surface area contributed by atoms with Gasteiger partial charge in [-0.1, -0.05) is 0 Å². The maximum Gasteiger partial charge on any atom is 0.338 e. The fourth-order valence-corrected chi connectivity index (χ4v) is 7.11. The van der Waals surface area contributed by atoms with Crippen LogP contribution >= 0.6 is 0 Å². The van der Waals surface area contributed by atoms with E-state index in [2.05, 4.69) is 14.8 Å². The second-order valence-electron chi connectivity index (χ2n) is 10.1. The highest BCUT2D eigenvalue weighted by Crippen LogP contribution is 2.38. The van der Waals surface area contributed by atoms with E-state index in [0.717, 1.165) is 32.2 Å². The molecule has 1 unspecified atom stereocenters. The van der Waals surface area contributed by atoms with Crippen molar-refractivity contribution in [1.82, 2.24) is 9.88 Å². The van der Waals surface area contributed by atoms with Crippen molar-refractivity contribution < 1.29 is 27.8 Å². The summed E-state index contributed by atoms with van der Waals surface area (Å²) in [7, 11) is -2.41. The Labute approximate surface area is 229 Å². The van der Waals surface area contributed by atoms with Crippen molar-refractivity contribution in [2.24, 2.45) is 0 Å². The summed E-state index contributed by atoms with van der Waals surface area (Å²) in [6.45, 7) is 4.93. The van der Waals surface area contributed by atoms with E-state index < -0.39 is 15.8 Å². The molecule has 9 nitrogen and oxygen atoms in total. The van der Waals surface area contributed by atoms with Crippen molar-refractivity contribution in [3.05, 3.63) is 54.2 Å². The fraction of sp³-hybridized carbons (Fsp3) is 0.448. The number of β-amino-alcohol motifs (C(OH)–C–C–N with tert-alkyl or cyclic N) is 1. The maximum atomic E-state index is 14.0. The third-order valence-electron chi connectivity index (χ3n) is 7.70. The van der Waals surface area contributed by atoms with Gasteiger partial charge in [0.15, 0.2) is 0 Å². The standard InChI is InChI=1S/C29H35N3O6S/c1-3-38-29(34)20-6-11-26-25(17-20)28(31-15-12-21(13-16-31)32-14-4-5-22(33)19-32)27(18-30-26)39(35,36)24-9-7-23(37-2)8-10-24/h6-11,17-18,21-22,33H,3-5,12-16,19H2,1-2H3. The van der Waals surface area contributed by atoms with Gasteiger partial charge in [0.05, 0.1) is 41.5 Å². The molecule has 2 saturated heterocycles. The van der Waals surface area contributed by atoms with E-state index in [1.54, 1.807) is 37.3 Å². The van der Waals surface area contributed by atoms with E-state index in [1.807, 2.05) is 0 Å². The van der Waals surface area contributed by atoms with Crippen molar-refractivity contribution in [3.8, 4) is 5.75 Å². The van der Waals surface area contributed by atoms with Crippen LogP contribution in [0.5, 0.6) is 5.75 Å². The van der Waals surface area contributed by atoms with Crippen LogP contribution in [0.4, 0.5) is 5.69 Å². The Kier molecular flexibility index (Phi) is 8.06. The molecule has 208 valence electrons. The Hall–Kier alpha value is -3.21. The summed E-state index contributed by atoms with van der Waals surface area (Å²) in [6.07, 6.45) is 4.65. The minimum Gasteiger partial charge on any atom is -0.497 e. The highest BCUT2D eigenvalue weighted by Gasteiger charge is 2.32. The van der Waals surface area contributed by atoms with Crippen LogP contribution in [0.15, 0.2) is 58.5 Å². The van der Waals surface area contributed by atoms with Gasteiger partial charge in [0.2, 0.25) is 9.84 Å². The van der Waals surface area contributed by atoms with Gasteiger partial charge in [-0.15, -0.1) is 0 Å². The fourth-order valence-electron chi connectivity index (χ4n) is 5.68. The zero-order valence-electron chi connectivity index (χ0n) is 22.4. The molecule has 0 bridgehead atoms. The number of sulfone groups is 1. The molecule has 0 radical (unpaired) electrons. The van der Waals surface area contributed by atoms with Gasteiger partial charge < -0.3 is 19.5 Å². The molecule has 3 heterocycles. The molecule has 39 heavy (non-hydrogen) atoms. The maximum absolute atomic E-state index is 14.0. The van der Waals surface area contributed by atoms with E-state index in [-0.39, 0.29) is 22.5 Å². The van der Waals surface area contributed by atoms with Crippen molar-refractivity contribution >= 4 is 32.4 Å². The lowest BCUT2D eigenvalue weighted by atomic mass is 9.98. The van der Waals surface area contributed by atoms with Gasteiger partial charge in [-0.05, 0) is 81.6 Å². The molecule has 3 aromatic rings. The Morgan fingerprint density at radius 1 is 1.08 bits per heavy atom. The lowest BCUT2D eigenvalue weighted by Gasteiger charge is -2.42. The molecular weight excluding hydrogens is 518 g/mol. The molecule has 1 atom stereocenters. The largest absolute Gasteiger partial charge is 0.497 e. The molecule has 0 spiro atoms. The number of nitrogens with zero attached hydrogens (tertiary/aromatic N) is 3. The molecule has 2 fully saturated rings. The highest BCUT2D eigenvalue weighted by atomic mass is 32.2. The van der Waals surface area contributed by atoms with Crippen LogP contribution < -0.4 is 9.64 Å². The first-order chi connectivity index (χ1) is 18.8. The predicted octanol–water partition coefficient (Wildman–Crippen LogP) is 3.68. The van der Waals surface area contributed by atoms with E-state index in [9.17, 15) is 18.3 Å². The molecule has 5 rings (SSSR count). The number of esters is 1. The van der Waals surface area contributed by atoms with Crippen LogP contribution in [0, 0.1) is 0 Å². The quantitative estimate of drug-likeness (QED) is 0.438. The summed E-state index contributed by atoms with van der Waals surface area (Å²) in [5, 5.41) is 10.8. The number of benzene rings is 2. The predicted molar refractivity (Wildman–Crippen MR) is 148 cm³/mol. The molecule has 2 aromatic carbocycles. The normalized spacial score (nSPS) is 19.3. The third-order valence-corrected chi connectivity index (χ3v) is 9.47. The number of fused-ring (bicyclic) bond motifs is 1. The average molecular weight is 554 g/mol. The summed E-state index contributed by atoms with van der Waals surface area (Å²) in [5.74, 6) is 0.103. The van der Waals surface area contributed by atoms with Crippen molar-refractivity contribution in [3.63, 3.8) is 0 Å². The first-order valence-corrected chi connectivity index (χ1v) is 15.0. The number of carbonyl (C=O) groups is 1. The van der Waals surface area contributed by atoms with Gasteiger partial charge in [0.25, 0.3) is 0 Å². The Morgan fingerprint density at radius 2 is 1.82 bits per heavy atom. The second-order valence-corrected chi connectivity index (χ2v) is 12.0. The monoisotopic (exact) mass is 553 g/mol. The minimum absolute atomic E-state index is 0.105. The summed E-state index contributed by atoms with van der Waals surface area (Å²) >= 11 is 0. The Bertz CT molecular complexity index is 1440. The lowest BCUT2D eigenvalue weighted by molar-refractivity contribution is 0.0398. The number of methoxy groups -OCH3 is 1. The Balaban J connectivity index is 1.56. The van der Waals surface area contributed by atoms with Gasteiger partial charge in [0.1, 0.15) is 10.6 Å². The lowest BCUT2D eigenvalue weighted by Crippen LogP contribution is -2.49. The zero-order valence-corrected chi connectivity index (χ0v) is 23.2. The van der Waals surface area contributed by atoms with E-state index in [4.69, 9.17) is 9.47 Å². The number of aliphatic hydroxyl groups is 1. The summed E-state index contributed by atoms with van der Waals surface area (Å²) in [4.78, 5) is 21.8. The molecule has 10 heteroatoms. The Morgan fingerprint density at radius 3 is 2.49 bits per heavy atom. The molecule has 2 aliphatic rings. The molecule has 0 aliphatic carbocycles. The summed E-state index contributed by atoms with van der Waals surface area (Å²) < 4.78 is 38.4. The van der Waals surface area contributed by atoms with Gasteiger partial charge in [0, 0.05) is 37.3 Å². The van der Waals surface area contributed by atoms with Crippen LogP contribution in [-0.4, -0.2) is 81.4 Å². The van der Waals surface area contributed by atoms with Crippen molar-refractivity contribution in [2.45, 2.75) is 54.5 Å². The first-order valence-electron chi connectivity index (χ1n) is 13.5. The number of anilines is 1. The minimum atomic E-state index is -3.94. The number of rotatable bonds is 7. The van der Waals surface area contributed by atoms with Crippen LogP contribution in [0.1, 0.15) is 43.0 Å². The van der Waals surface area contributed by atoms with Crippen molar-refractivity contribution in [2.75, 3.05) is 44.8 Å². The average Bonchev–Trinajstić information content (AvgIpc) is 2.96. The number of pyridine rings is 1. The molecule has 1 aromatic heterocycles. The zero-order chi connectivity index (χ0) is 27.6. The summed E-state index contributed by atoms with van der Waals surface area (Å²) in [6, 6.07) is 11.7. The SMILES string of the molecule is CCOC(=O)c1ccc2ncc(S(=O)(=O)c3ccc(OC)cc3)c(N3CCC(N4CCCC(O)C4)CC3)c2c1. The molecule has 0 amide bonds. The number of aromatic nitrogens is 1. The van der Waals surface area contributed by atoms with Crippen LogP contribution in [0.2, 0.25) is 0 Å². The van der Waals surface area contributed by atoms with Gasteiger partial charge in [-0.2, -0.15) is 0 Å². The number of aliphatic hydroxyl groups excluding tert-OH is 1. The van der Waals surface area contributed by atoms with E-state index >= 15 is 0 Å². The molecule has 0 saturated carbocycles. The number of hydrogen-bond donors (Lipinski definition) is 1. The smallest absolute Gasteiger partial charge is 0.338 e.